The number of carbonyl (C=O) groups excluding carboxylic acids is 4. The van der Waals surface area contributed by atoms with Crippen LogP contribution in [-0.2, 0) is 30.5 Å². The van der Waals surface area contributed by atoms with Crippen LogP contribution in [0.1, 0.15) is 64.1 Å². The van der Waals surface area contributed by atoms with Crippen molar-refractivity contribution in [3.05, 3.63) is 54.1 Å². The number of carboxylic acid groups (broad SMARTS) is 1. The number of imidazole rings is 1. The lowest BCUT2D eigenvalue weighted by Gasteiger charge is -2.17. The summed E-state index contributed by atoms with van der Waals surface area (Å²) < 4.78 is 4.79. The highest BCUT2D eigenvalue weighted by Crippen LogP contribution is 2.09. The van der Waals surface area contributed by atoms with Crippen molar-refractivity contribution in [2.75, 3.05) is 6.54 Å². The van der Waals surface area contributed by atoms with E-state index in [0.29, 0.717) is 6.61 Å². The molecule has 1 aromatic heterocycles. The molecule has 0 aliphatic carbocycles. The Hall–Kier alpha value is -4.02. The first-order valence-electron chi connectivity index (χ1n) is 12.0. The summed E-state index contributed by atoms with van der Waals surface area (Å²) in [5, 5.41) is 13.7. The normalized spacial score (nSPS) is 11.4. The summed E-state index contributed by atoms with van der Waals surface area (Å²) in [6, 6.07) is 8.33. The molecule has 2 rings (SSSR count). The standard InChI is InChI=1S/C15H22N4O5.C9H10O2.C2H6/c1-8(2)9(3)15(24)18-7-11(20)19-10(6-12(21)22)13(23)14-16-4-5-17-14;1-8(10)11-7-9-5-3-2-4-6-9;1-2/h4-5,8-10H,6-7H2,1-3H3,(H,16,17)(H,18,24)(H,19,20)(H,21,22);2-6H,7H2,1H3;1-2H3. The van der Waals surface area contributed by atoms with E-state index in [1.165, 1.54) is 19.3 Å². The zero-order chi connectivity index (χ0) is 28.4. The fraction of sp³-hybridized carbons (Fsp3) is 0.462. The number of aromatic nitrogens is 2. The number of rotatable bonds is 11. The number of H-pyrrole nitrogens is 1. The molecule has 2 unspecified atom stereocenters. The van der Waals surface area contributed by atoms with E-state index in [1.54, 1.807) is 6.92 Å². The Kier molecular flexibility index (Phi) is 16.3. The number of aliphatic carboxylic acids is 1. The molecule has 0 saturated heterocycles. The number of esters is 1. The van der Waals surface area contributed by atoms with E-state index in [1.807, 2.05) is 58.0 Å². The summed E-state index contributed by atoms with van der Waals surface area (Å²) in [5.74, 6) is -3.24. The molecule has 0 saturated carbocycles. The zero-order valence-electron chi connectivity index (χ0n) is 22.2. The van der Waals surface area contributed by atoms with Crippen LogP contribution in [0, 0.1) is 11.8 Å². The number of nitrogens with zero attached hydrogens (tertiary/aromatic N) is 1. The van der Waals surface area contributed by atoms with Gasteiger partial charge in [-0.25, -0.2) is 4.98 Å². The molecule has 0 aliphatic heterocycles. The molecule has 0 spiro atoms. The molecule has 0 aliphatic rings. The molecule has 1 aromatic carbocycles. The fourth-order valence-corrected chi connectivity index (χ4v) is 2.58. The number of hydrogen-bond acceptors (Lipinski definition) is 7. The second-order valence-electron chi connectivity index (χ2n) is 8.04. The van der Waals surface area contributed by atoms with Crippen molar-refractivity contribution in [2.45, 2.75) is 60.6 Å². The average molecular weight is 519 g/mol. The van der Waals surface area contributed by atoms with Crippen molar-refractivity contribution in [1.82, 2.24) is 20.6 Å². The topological polar surface area (TPSA) is 168 Å². The Morgan fingerprint density at radius 1 is 1.05 bits per heavy atom. The van der Waals surface area contributed by atoms with Gasteiger partial charge in [-0.15, -0.1) is 0 Å². The Bertz CT molecular complexity index is 976. The highest BCUT2D eigenvalue weighted by Gasteiger charge is 2.27. The van der Waals surface area contributed by atoms with Crippen LogP contribution >= 0.6 is 0 Å². The minimum Gasteiger partial charge on any atom is -0.481 e. The molecule has 0 fully saturated rings. The second kappa shape index (κ2) is 18.3. The van der Waals surface area contributed by atoms with Crippen molar-refractivity contribution in [3.8, 4) is 0 Å². The maximum atomic E-state index is 12.2. The number of hydrogen-bond donors (Lipinski definition) is 4. The maximum absolute atomic E-state index is 12.2. The van der Waals surface area contributed by atoms with Gasteiger partial charge >= 0.3 is 11.9 Å². The number of ketones is 1. The second-order valence-corrected chi connectivity index (χ2v) is 8.04. The van der Waals surface area contributed by atoms with Crippen LogP contribution in [-0.4, -0.2) is 57.2 Å². The molecular weight excluding hydrogens is 480 g/mol. The van der Waals surface area contributed by atoms with Gasteiger partial charge in [0, 0.05) is 25.2 Å². The van der Waals surface area contributed by atoms with Gasteiger partial charge in [-0.2, -0.15) is 0 Å². The van der Waals surface area contributed by atoms with Gasteiger partial charge in [0.05, 0.1) is 13.0 Å². The van der Waals surface area contributed by atoms with Crippen molar-refractivity contribution in [2.24, 2.45) is 11.8 Å². The summed E-state index contributed by atoms with van der Waals surface area (Å²) in [7, 11) is 0. The highest BCUT2D eigenvalue weighted by molar-refractivity contribution is 6.01. The van der Waals surface area contributed by atoms with Crippen molar-refractivity contribution in [1.29, 1.82) is 0 Å². The maximum Gasteiger partial charge on any atom is 0.305 e. The van der Waals surface area contributed by atoms with Crippen LogP contribution < -0.4 is 10.6 Å². The number of amides is 2. The fourth-order valence-electron chi connectivity index (χ4n) is 2.58. The van der Waals surface area contributed by atoms with Gasteiger partial charge in [-0.1, -0.05) is 65.0 Å². The molecule has 11 nitrogen and oxygen atoms in total. The van der Waals surface area contributed by atoms with Gasteiger partial charge in [-0.05, 0) is 11.5 Å². The van der Waals surface area contributed by atoms with Gasteiger partial charge < -0.3 is 25.5 Å². The molecule has 4 N–H and O–H groups in total. The predicted molar refractivity (Wildman–Crippen MR) is 137 cm³/mol. The largest absolute Gasteiger partial charge is 0.481 e. The minimum atomic E-state index is -1.26. The van der Waals surface area contributed by atoms with E-state index in [9.17, 15) is 24.0 Å². The summed E-state index contributed by atoms with van der Waals surface area (Å²) in [6.07, 6.45) is 2.18. The Labute approximate surface area is 217 Å². The molecule has 2 atom stereocenters. The van der Waals surface area contributed by atoms with E-state index >= 15 is 0 Å². The van der Waals surface area contributed by atoms with Gasteiger partial charge in [-0.3, -0.25) is 24.0 Å². The third kappa shape index (κ3) is 14.2. The predicted octanol–water partition coefficient (Wildman–Crippen LogP) is 2.74. The number of Topliss-reactive ketones (excluding diaryl/α,β-unsaturated/α-hetero) is 1. The van der Waals surface area contributed by atoms with Crippen LogP contribution in [0.25, 0.3) is 0 Å². The number of nitrogens with one attached hydrogen (secondary N) is 3. The van der Waals surface area contributed by atoms with Gasteiger partial charge in [0.2, 0.25) is 17.6 Å². The molecular formula is C26H38N4O7. The minimum absolute atomic E-state index is 0.0426. The molecule has 0 radical (unpaired) electrons. The lowest BCUT2D eigenvalue weighted by Crippen LogP contribution is -2.47. The smallest absolute Gasteiger partial charge is 0.305 e. The first-order chi connectivity index (χ1) is 17.5. The first-order valence-corrected chi connectivity index (χ1v) is 12.0. The van der Waals surface area contributed by atoms with Crippen molar-refractivity contribution in [3.63, 3.8) is 0 Å². The third-order valence-electron chi connectivity index (χ3n) is 4.88. The van der Waals surface area contributed by atoms with E-state index in [-0.39, 0.29) is 36.1 Å². The third-order valence-corrected chi connectivity index (χ3v) is 4.88. The molecule has 37 heavy (non-hydrogen) atoms. The Morgan fingerprint density at radius 3 is 2.16 bits per heavy atom. The number of carbonyl (C=O) groups is 5. The van der Waals surface area contributed by atoms with Crippen LogP contribution in [0.4, 0.5) is 0 Å². The highest BCUT2D eigenvalue weighted by atomic mass is 16.5. The number of benzene rings is 1. The monoisotopic (exact) mass is 518 g/mol. The molecule has 2 amide bonds. The molecule has 11 heteroatoms. The van der Waals surface area contributed by atoms with Crippen LogP contribution in [0.3, 0.4) is 0 Å². The van der Waals surface area contributed by atoms with Gasteiger partial charge in [0.1, 0.15) is 12.6 Å². The average Bonchev–Trinajstić information content (AvgIpc) is 3.41. The van der Waals surface area contributed by atoms with Crippen LogP contribution in [0.5, 0.6) is 0 Å². The van der Waals surface area contributed by atoms with E-state index < -0.39 is 30.1 Å². The first kappa shape index (κ1) is 33.0. The molecule has 2 aromatic rings. The molecule has 0 bridgehead atoms. The number of ether oxygens (including phenoxy) is 1. The Morgan fingerprint density at radius 2 is 1.68 bits per heavy atom. The molecule has 1 heterocycles. The summed E-state index contributed by atoms with van der Waals surface area (Å²) >= 11 is 0. The van der Waals surface area contributed by atoms with Crippen LogP contribution in [0.2, 0.25) is 0 Å². The van der Waals surface area contributed by atoms with Crippen molar-refractivity contribution >= 4 is 29.5 Å². The SMILES string of the molecule is CC.CC(=O)OCc1ccccc1.CC(C)C(C)C(=O)NCC(=O)NC(CC(=O)O)C(=O)c1ncc[nH]1. The lowest BCUT2D eigenvalue weighted by molar-refractivity contribution is -0.142. The summed E-state index contributed by atoms with van der Waals surface area (Å²) in [6.45, 7) is 11.0. The summed E-state index contributed by atoms with van der Waals surface area (Å²) in [4.78, 5) is 63.5. The number of carboxylic acids is 1. The Balaban J connectivity index is 0.000000827. The van der Waals surface area contributed by atoms with E-state index in [4.69, 9.17) is 9.84 Å². The van der Waals surface area contributed by atoms with Gasteiger partial charge in [0.25, 0.3) is 0 Å². The summed E-state index contributed by atoms with van der Waals surface area (Å²) in [5.41, 5.74) is 1.02. The van der Waals surface area contributed by atoms with Crippen molar-refractivity contribution < 1.29 is 33.8 Å². The van der Waals surface area contributed by atoms with E-state index in [0.717, 1.165) is 5.56 Å². The lowest BCUT2D eigenvalue weighted by atomic mass is 9.97. The quantitative estimate of drug-likeness (QED) is 0.260. The van der Waals surface area contributed by atoms with Crippen LogP contribution in [0.15, 0.2) is 42.7 Å². The van der Waals surface area contributed by atoms with Gasteiger partial charge in [0.15, 0.2) is 5.82 Å². The zero-order valence-corrected chi connectivity index (χ0v) is 22.2. The molecule has 204 valence electrons. The number of aromatic amines is 1. The van der Waals surface area contributed by atoms with E-state index in [2.05, 4.69) is 20.6 Å².